The fourth-order valence-corrected chi connectivity index (χ4v) is 2.93. The van der Waals surface area contributed by atoms with Gasteiger partial charge in [-0.15, -0.1) is 0 Å². The van der Waals surface area contributed by atoms with E-state index in [1.807, 2.05) is 0 Å². The van der Waals surface area contributed by atoms with Gasteiger partial charge >= 0.3 is 0 Å². The Labute approximate surface area is 107 Å². The van der Waals surface area contributed by atoms with Crippen LogP contribution in [-0.4, -0.2) is 12.1 Å². The third kappa shape index (κ3) is 3.08. The summed E-state index contributed by atoms with van der Waals surface area (Å²) in [6, 6.07) is 8.56. The Morgan fingerprint density at radius 3 is 2.88 bits per heavy atom. The largest absolute Gasteiger partial charge is 0.311 e. The van der Waals surface area contributed by atoms with Gasteiger partial charge in [0.2, 0.25) is 0 Å². The van der Waals surface area contributed by atoms with Gasteiger partial charge in [-0.1, -0.05) is 47.0 Å². The summed E-state index contributed by atoms with van der Waals surface area (Å²) in [5, 5.41) is 3.71. The molecule has 1 aromatic rings. The van der Waals surface area contributed by atoms with E-state index in [-0.39, 0.29) is 5.54 Å². The smallest absolute Gasteiger partial charge is 0.0207 e. The van der Waals surface area contributed by atoms with E-state index in [1.165, 1.54) is 42.3 Å². The van der Waals surface area contributed by atoms with E-state index in [2.05, 4.69) is 52.4 Å². The molecule has 0 spiro atoms. The molecular formula is C14H20BrN. The number of rotatable bonds is 2. The highest BCUT2D eigenvalue weighted by Crippen LogP contribution is 2.26. The van der Waals surface area contributed by atoms with Crippen molar-refractivity contribution in [2.75, 3.05) is 6.54 Å². The molecule has 16 heavy (non-hydrogen) atoms. The average Bonchev–Trinajstić information content (AvgIpc) is 2.47. The maximum absolute atomic E-state index is 3.71. The highest BCUT2D eigenvalue weighted by Gasteiger charge is 2.25. The second-order valence-corrected chi connectivity index (χ2v) is 5.92. The second kappa shape index (κ2) is 5.33. The van der Waals surface area contributed by atoms with Crippen molar-refractivity contribution in [1.82, 2.24) is 5.32 Å². The van der Waals surface area contributed by atoms with Crippen molar-refractivity contribution < 1.29 is 0 Å². The lowest BCUT2D eigenvalue weighted by atomic mass is 9.88. The Kier molecular flexibility index (Phi) is 4.04. The lowest BCUT2D eigenvalue weighted by Crippen LogP contribution is -2.43. The Bertz CT molecular complexity index is 340. The van der Waals surface area contributed by atoms with Gasteiger partial charge in [0.15, 0.2) is 0 Å². The Balaban J connectivity index is 2.10. The van der Waals surface area contributed by atoms with Crippen LogP contribution in [0.2, 0.25) is 0 Å². The van der Waals surface area contributed by atoms with E-state index in [9.17, 15) is 0 Å². The molecule has 1 unspecified atom stereocenters. The van der Waals surface area contributed by atoms with Gasteiger partial charge in [-0.25, -0.2) is 0 Å². The van der Waals surface area contributed by atoms with Crippen molar-refractivity contribution in [1.29, 1.82) is 0 Å². The van der Waals surface area contributed by atoms with E-state index < -0.39 is 0 Å². The first-order valence-corrected chi connectivity index (χ1v) is 6.97. The highest BCUT2D eigenvalue weighted by molar-refractivity contribution is 9.10. The number of halogens is 1. The molecule has 0 aliphatic carbocycles. The molecule has 1 aliphatic rings. The van der Waals surface area contributed by atoms with Crippen LogP contribution in [0.25, 0.3) is 0 Å². The molecule has 0 saturated carbocycles. The summed E-state index contributed by atoms with van der Waals surface area (Å²) in [5.41, 5.74) is 1.69. The van der Waals surface area contributed by atoms with Crippen LogP contribution in [-0.2, 0) is 6.42 Å². The van der Waals surface area contributed by atoms with Crippen molar-refractivity contribution in [2.24, 2.45) is 0 Å². The molecule has 1 heterocycles. The van der Waals surface area contributed by atoms with Crippen LogP contribution in [0.1, 0.15) is 38.2 Å². The van der Waals surface area contributed by atoms with Crippen LogP contribution in [0.5, 0.6) is 0 Å². The monoisotopic (exact) mass is 281 g/mol. The Hall–Kier alpha value is -0.340. The van der Waals surface area contributed by atoms with Crippen molar-refractivity contribution in [3.63, 3.8) is 0 Å². The predicted octanol–water partition coefficient (Wildman–Crippen LogP) is 3.91. The first-order valence-electron chi connectivity index (χ1n) is 6.18. The molecule has 1 N–H and O–H groups in total. The zero-order chi connectivity index (χ0) is 11.4. The first kappa shape index (κ1) is 12.1. The number of hydrogen-bond acceptors (Lipinski definition) is 1. The van der Waals surface area contributed by atoms with Crippen LogP contribution >= 0.6 is 15.9 Å². The minimum atomic E-state index is 0.278. The van der Waals surface area contributed by atoms with Gasteiger partial charge in [-0.05, 0) is 44.4 Å². The van der Waals surface area contributed by atoms with Gasteiger partial charge in [0, 0.05) is 10.0 Å². The standard InChI is InChI=1S/C14H20BrN/c1-14(9-5-2-6-10-16-14)11-12-7-3-4-8-13(12)15/h3-4,7-8,16H,2,5-6,9-11H2,1H3. The topological polar surface area (TPSA) is 12.0 Å². The molecule has 2 rings (SSSR count). The third-order valence-corrected chi connectivity index (χ3v) is 4.27. The van der Waals surface area contributed by atoms with Gasteiger partial charge in [0.05, 0.1) is 0 Å². The van der Waals surface area contributed by atoms with Gasteiger partial charge < -0.3 is 5.32 Å². The molecule has 2 heteroatoms. The molecule has 88 valence electrons. The third-order valence-electron chi connectivity index (χ3n) is 3.50. The first-order chi connectivity index (χ1) is 7.70. The van der Waals surface area contributed by atoms with Gasteiger partial charge in [-0.3, -0.25) is 0 Å². The lowest BCUT2D eigenvalue weighted by Gasteiger charge is -2.30. The maximum atomic E-state index is 3.71. The highest BCUT2D eigenvalue weighted by atomic mass is 79.9. The van der Waals surface area contributed by atoms with Gasteiger partial charge in [-0.2, -0.15) is 0 Å². The SMILES string of the molecule is CC1(Cc2ccccc2Br)CCCCCN1. The summed E-state index contributed by atoms with van der Waals surface area (Å²) in [4.78, 5) is 0. The van der Waals surface area contributed by atoms with Crippen LogP contribution in [0.3, 0.4) is 0 Å². The quantitative estimate of drug-likeness (QED) is 0.867. The Morgan fingerprint density at radius 2 is 2.06 bits per heavy atom. The van der Waals surface area contributed by atoms with Crippen molar-refractivity contribution >= 4 is 15.9 Å². The fraction of sp³-hybridized carbons (Fsp3) is 0.571. The van der Waals surface area contributed by atoms with Crippen molar-refractivity contribution in [3.05, 3.63) is 34.3 Å². The molecule has 1 atom stereocenters. The number of hydrogen-bond donors (Lipinski definition) is 1. The van der Waals surface area contributed by atoms with Gasteiger partial charge in [0.1, 0.15) is 0 Å². The molecule has 1 fully saturated rings. The summed E-state index contributed by atoms with van der Waals surface area (Å²) in [7, 11) is 0. The minimum Gasteiger partial charge on any atom is -0.311 e. The van der Waals surface area contributed by atoms with Crippen LogP contribution in [0, 0.1) is 0 Å². The van der Waals surface area contributed by atoms with E-state index in [0.29, 0.717) is 0 Å². The van der Waals surface area contributed by atoms with Gasteiger partial charge in [0.25, 0.3) is 0 Å². The van der Waals surface area contributed by atoms with Crippen LogP contribution in [0.4, 0.5) is 0 Å². The molecule has 1 aliphatic heterocycles. The van der Waals surface area contributed by atoms with E-state index in [1.54, 1.807) is 0 Å². The lowest BCUT2D eigenvalue weighted by molar-refractivity contribution is 0.345. The summed E-state index contributed by atoms with van der Waals surface area (Å²) in [5.74, 6) is 0. The van der Waals surface area contributed by atoms with Crippen LogP contribution in [0.15, 0.2) is 28.7 Å². The zero-order valence-corrected chi connectivity index (χ0v) is 11.5. The zero-order valence-electron chi connectivity index (χ0n) is 9.93. The van der Waals surface area contributed by atoms with Crippen molar-refractivity contribution in [3.8, 4) is 0 Å². The predicted molar refractivity (Wildman–Crippen MR) is 72.7 cm³/mol. The normalized spacial score (nSPS) is 26.4. The van der Waals surface area contributed by atoms with Crippen LogP contribution < -0.4 is 5.32 Å². The molecule has 0 bridgehead atoms. The van der Waals surface area contributed by atoms with Crippen molar-refractivity contribution in [2.45, 2.75) is 44.6 Å². The van der Waals surface area contributed by atoms with E-state index >= 15 is 0 Å². The maximum Gasteiger partial charge on any atom is 0.0207 e. The molecule has 0 amide bonds. The number of benzene rings is 1. The summed E-state index contributed by atoms with van der Waals surface area (Å²) >= 11 is 3.64. The Morgan fingerprint density at radius 1 is 1.25 bits per heavy atom. The second-order valence-electron chi connectivity index (χ2n) is 5.07. The summed E-state index contributed by atoms with van der Waals surface area (Å²) in [6.07, 6.45) is 6.46. The molecule has 1 saturated heterocycles. The molecule has 0 aromatic heterocycles. The minimum absolute atomic E-state index is 0.278. The number of nitrogens with one attached hydrogen (secondary N) is 1. The molecule has 1 aromatic carbocycles. The van der Waals surface area contributed by atoms with E-state index in [0.717, 1.165) is 6.42 Å². The summed E-state index contributed by atoms with van der Waals surface area (Å²) < 4.78 is 1.24. The average molecular weight is 282 g/mol. The fourth-order valence-electron chi connectivity index (χ4n) is 2.51. The van der Waals surface area contributed by atoms with E-state index in [4.69, 9.17) is 0 Å². The molecular weight excluding hydrogens is 262 g/mol. The molecule has 1 nitrogen and oxygen atoms in total. The molecule has 0 radical (unpaired) electrons. The summed E-state index contributed by atoms with van der Waals surface area (Å²) in [6.45, 7) is 3.53.